The van der Waals surface area contributed by atoms with Crippen LogP contribution < -0.4 is 4.74 Å². The molecule has 1 aromatic carbocycles. The predicted molar refractivity (Wildman–Crippen MR) is 68.6 cm³/mol. The molecule has 110 valence electrons. The molecule has 2 unspecified atom stereocenters. The molecule has 1 aromatic rings. The highest BCUT2D eigenvalue weighted by Crippen LogP contribution is 2.34. The third-order valence-corrected chi connectivity index (χ3v) is 3.69. The number of para-hydroxylation sites is 1. The number of ketones is 1. The number of ether oxygens (including phenoxy) is 1. The van der Waals surface area contributed by atoms with Crippen LogP contribution in [0.5, 0.6) is 5.75 Å². The predicted octanol–water partition coefficient (Wildman–Crippen LogP) is 4.59. The van der Waals surface area contributed by atoms with Crippen molar-refractivity contribution in [3.05, 3.63) is 29.8 Å². The fraction of sp³-hybridized carbons (Fsp3) is 0.533. The minimum Gasteiger partial charge on any atom is -0.405 e. The van der Waals surface area contributed by atoms with E-state index in [4.69, 9.17) is 0 Å². The molecule has 0 N–H and O–H groups in total. The van der Waals surface area contributed by atoms with Crippen LogP contribution in [0, 0.1) is 11.8 Å². The molecule has 0 amide bonds. The van der Waals surface area contributed by atoms with Gasteiger partial charge in [-0.25, -0.2) is 0 Å². The van der Waals surface area contributed by atoms with E-state index in [2.05, 4.69) is 11.7 Å². The van der Waals surface area contributed by atoms with Crippen molar-refractivity contribution in [3.8, 4) is 5.75 Å². The molecule has 1 aliphatic carbocycles. The molecule has 1 fully saturated rings. The number of carbonyl (C=O) groups excluding carboxylic acids is 1. The number of carbonyl (C=O) groups is 1. The lowest BCUT2D eigenvalue weighted by atomic mass is 9.78. The molecule has 1 aliphatic rings. The summed E-state index contributed by atoms with van der Waals surface area (Å²) < 4.78 is 41.0. The summed E-state index contributed by atoms with van der Waals surface area (Å²) >= 11 is 0. The Hall–Kier alpha value is -1.52. The Balaban J connectivity index is 2.21. The maximum atomic E-state index is 12.4. The highest BCUT2D eigenvalue weighted by molar-refractivity contribution is 6.00. The molecular formula is C15H17F3O2. The van der Waals surface area contributed by atoms with Gasteiger partial charge in [0.25, 0.3) is 0 Å². The van der Waals surface area contributed by atoms with E-state index < -0.39 is 12.1 Å². The lowest BCUT2D eigenvalue weighted by Gasteiger charge is -2.26. The monoisotopic (exact) mass is 286 g/mol. The number of hydrogen-bond acceptors (Lipinski definition) is 2. The standard InChI is InChI=1S/C15H17F3O2/c1-10-5-4-6-11(9-10)14(19)12-7-2-3-8-13(12)20-15(16,17)18/h2-3,7-8,10-11H,4-6,9H2,1H3. The first-order chi connectivity index (χ1) is 9.37. The van der Waals surface area contributed by atoms with E-state index in [1.54, 1.807) is 6.07 Å². The maximum absolute atomic E-state index is 12.4. The smallest absolute Gasteiger partial charge is 0.405 e. The van der Waals surface area contributed by atoms with Crippen LogP contribution in [0.2, 0.25) is 0 Å². The van der Waals surface area contributed by atoms with Crippen molar-refractivity contribution in [2.45, 2.75) is 39.0 Å². The SMILES string of the molecule is CC1CCCC(C(=O)c2ccccc2OC(F)(F)F)C1. The van der Waals surface area contributed by atoms with Gasteiger partial charge in [0.2, 0.25) is 0 Å². The van der Waals surface area contributed by atoms with Gasteiger partial charge in [-0.3, -0.25) is 4.79 Å². The zero-order chi connectivity index (χ0) is 14.8. The number of Topliss-reactive ketones (excluding diaryl/α,β-unsaturated/α-hetero) is 1. The second kappa shape index (κ2) is 5.85. The van der Waals surface area contributed by atoms with Crippen molar-refractivity contribution >= 4 is 5.78 Å². The largest absolute Gasteiger partial charge is 0.573 e. The van der Waals surface area contributed by atoms with Gasteiger partial charge >= 0.3 is 6.36 Å². The van der Waals surface area contributed by atoms with E-state index in [1.165, 1.54) is 18.2 Å². The van der Waals surface area contributed by atoms with Crippen molar-refractivity contribution < 1.29 is 22.7 Å². The van der Waals surface area contributed by atoms with Crippen LogP contribution in [-0.4, -0.2) is 12.1 Å². The summed E-state index contributed by atoms with van der Waals surface area (Å²) in [6.07, 6.45) is -1.29. The molecule has 0 spiro atoms. The first-order valence-corrected chi connectivity index (χ1v) is 6.76. The fourth-order valence-electron chi connectivity index (χ4n) is 2.78. The summed E-state index contributed by atoms with van der Waals surface area (Å²) in [5, 5.41) is 0. The normalized spacial score (nSPS) is 23.4. The molecular weight excluding hydrogens is 269 g/mol. The van der Waals surface area contributed by atoms with Gasteiger partial charge in [-0.05, 0) is 30.9 Å². The van der Waals surface area contributed by atoms with E-state index in [0.717, 1.165) is 25.7 Å². The Labute approximate surface area is 115 Å². The second-order valence-electron chi connectivity index (χ2n) is 5.38. The Morgan fingerprint density at radius 2 is 1.95 bits per heavy atom. The van der Waals surface area contributed by atoms with Crippen LogP contribution >= 0.6 is 0 Å². The van der Waals surface area contributed by atoms with E-state index >= 15 is 0 Å². The van der Waals surface area contributed by atoms with E-state index in [9.17, 15) is 18.0 Å². The van der Waals surface area contributed by atoms with Gasteiger partial charge in [0.05, 0.1) is 5.56 Å². The molecule has 1 saturated carbocycles. The highest BCUT2D eigenvalue weighted by atomic mass is 19.4. The van der Waals surface area contributed by atoms with Crippen LogP contribution in [-0.2, 0) is 0 Å². The first kappa shape index (κ1) is 14.9. The quantitative estimate of drug-likeness (QED) is 0.759. The summed E-state index contributed by atoms with van der Waals surface area (Å²) in [5.74, 6) is -0.398. The van der Waals surface area contributed by atoms with Crippen molar-refractivity contribution in [1.29, 1.82) is 0 Å². The van der Waals surface area contributed by atoms with Gasteiger partial charge in [-0.15, -0.1) is 13.2 Å². The summed E-state index contributed by atoms with van der Waals surface area (Å²) in [6, 6.07) is 5.58. The summed E-state index contributed by atoms with van der Waals surface area (Å²) in [7, 11) is 0. The Bertz CT molecular complexity index is 482. The number of halogens is 3. The van der Waals surface area contributed by atoms with Crippen LogP contribution in [0.1, 0.15) is 43.0 Å². The molecule has 0 bridgehead atoms. The lowest BCUT2D eigenvalue weighted by molar-refractivity contribution is -0.274. The van der Waals surface area contributed by atoms with E-state index in [0.29, 0.717) is 5.92 Å². The zero-order valence-electron chi connectivity index (χ0n) is 11.2. The van der Waals surface area contributed by atoms with Crippen molar-refractivity contribution in [3.63, 3.8) is 0 Å². The Morgan fingerprint density at radius 3 is 2.60 bits per heavy atom. The average molecular weight is 286 g/mol. The molecule has 0 aliphatic heterocycles. The number of alkyl halides is 3. The van der Waals surface area contributed by atoms with Gasteiger partial charge in [-0.1, -0.05) is 31.9 Å². The number of hydrogen-bond donors (Lipinski definition) is 0. The summed E-state index contributed by atoms with van der Waals surface area (Å²) in [6.45, 7) is 2.07. The molecule has 2 atom stereocenters. The number of benzene rings is 1. The first-order valence-electron chi connectivity index (χ1n) is 6.76. The van der Waals surface area contributed by atoms with Crippen LogP contribution in [0.4, 0.5) is 13.2 Å². The van der Waals surface area contributed by atoms with Crippen LogP contribution in [0.15, 0.2) is 24.3 Å². The summed E-state index contributed by atoms with van der Waals surface area (Å²) in [5.41, 5.74) is 0.0314. The second-order valence-corrected chi connectivity index (χ2v) is 5.38. The van der Waals surface area contributed by atoms with Crippen LogP contribution in [0.3, 0.4) is 0 Å². The molecule has 5 heteroatoms. The summed E-state index contributed by atoms with van der Waals surface area (Å²) in [4.78, 5) is 12.4. The lowest BCUT2D eigenvalue weighted by Crippen LogP contribution is -2.24. The maximum Gasteiger partial charge on any atom is 0.573 e. The van der Waals surface area contributed by atoms with Gasteiger partial charge in [-0.2, -0.15) is 0 Å². The molecule has 20 heavy (non-hydrogen) atoms. The van der Waals surface area contributed by atoms with Gasteiger partial charge < -0.3 is 4.74 Å². The van der Waals surface area contributed by atoms with Crippen molar-refractivity contribution in [2.24, 2.45) is 11.8 Å². The fourth-order valence-corrected chi connectivity index (χ4v) is 2.78. The third-order valence-electron chi connectivity index (χ3n) is 3.69. The highest BCUT2D eigenvalue weighted by Gasteiger charge is 2.34. The van der Waals surface area contributed by atoms with Crippen molar-refractivity contribution in [1.82, 2.24) is 0 Å². The van der Waals surface area contributed by atoms with Gasteiger partial charge in [0.15, 0.2) is 5.78 Å². The molecule has 0 saturated heterocycles. The number of rotatable bonds is 3. The van der Waals surface area contributed by atoms with Crippen molar-refractivity contribution in [2.75, 3.05) is 0 Å². The van der Waals surface area contributed by atoms with Crippen LogP contribution in [0.25, 0.3) is 0 Å². The Morgan fingerprint density at radius 1 is 1.25 bits per heavy atom. The molecule has 0 heterocycles. The average Bonchev–Trinajstić information content (AvgIpc) is 2.37. The minimum absolute atomic E-state index is 0.0314. The molecule has 0 radical (unpaired) electrons. The van der Waals surface area contributed by atoms with Gasteiger partial charge in [0, 0.05) is 5.92 Å². The van der Waals surface area contributed by atoms with E-state index in [-0.39, 0.29) is 17.3 Å². The molecule has 0 aromatic heterocycles. The van der Waals surface area contributed by atoms with E-state index in [1.807, 2.05) is 0 Å². The molecule has 2 rings (SSSR count). The minimum atomic E-state index is -4.78. The third kappa shape index (κ3) is 3.74. The zero-order valence-corrected chi connectivity index (χ0v) is 11.2. The Kier molecular flexibility index (Phi) is 4.35. The topological polar surface area (TPSA) is 26.3 Å². The van der Waals surface area contributed by atoms with Gasteiger partial charge in [0.1, 0.15) is 5.75 Å². The molecule has 2 nitrogen and oxygen atoms in total.